The summed E-state index contributed by atoms with van der Waals surface area (Å²) in [6.45, 7) is 15.9. The molecule has 0 bridgehead atoms. The molecule has 0 fully saturated rings. The topological polar surface area (TPSA) is 62.7 Å². The summed E-state index contributed by atoms with van der Waals surface area (Å²) in [5.41, 5.74) is 11.1. The molecule has 0 saturated carbocycles. The number of aryl methyl sites for hydroxylation is 1. The van der Waals surface area contributed by atoms with Gasteiger partial charge in [0, 0.05) is 24.2 Å². The van der Waals surface area contributed by atoms with Gasteiger partial charge in [0.2, 0.25) is 0 Å². The number of nitrogens with zero attached hydrogens (tertiary/aromatic N) is 6. The van der Waals surface area contributed by atoms with Crippen molar-refractivity contribution in [2.45, 2.75) is 59.3 Å². The third kappa shape index (κ3) is 6.44. The summed E-state index contributed by atoms with van der Waals surface area (Å²) in [4.78, 5) is 13.9. The molecule has 0 radical (unpaired) electrons. The van der Waals surface area contributed by atoms with Gasteiger partial charge in [-0.2, -0.15) is 0 Å². The van der Waals surface area contributed by atoms with E-state index in [9.17, 15) is 0 Å². The van der Waals surface area contributed by atoms with Crippen molar-refractivity contribution in [2.24, 2.45) is 0 Å². The molecule has 0 aliphatic heterocycles. The molecule has 0 aliphatic rings. The minimum atomic E-state index is -0.0633. The molecule has 4 heterocycles. The average molecular weight is 928 g/mol. The Morgan fingerprint density at radius 1 is 0.544 bits per heavy atom. The Balaban J connectivity index is 1.15. The number of ether oxygens (including phenoxy) is 1. The Kier molecular flexibility index (Phi) is 8.97. The zero-order valence-corrected chi connectivity index (χ0v) is 35.5. The second kappa shape index (κ2) is 13.9. The fourth-order valence-electron chi connectivity index (χ4n) is 7.98. The number of hydrogen-bond acceptors (Lipinski definition) is 4. The number of pyridine rings is 1. The minimum absolute atomic E-state index is 0.0633. The van der Waals surface area contributed by atoms with E-state index >= 15 is 0 Å². The van der Waals surface area contributed by atoms with Crippen molar-refractivity contribution in [3.63, 3.8) is 0 Å². The van der Waals surface area contributed by atoms with Gasteiger partial charge in [-0.1, -0.05) is 12.1 Å². The van der Waals surface area contributed by atoms with Crippen molar-refractivity contribution in [1.29, 1.82) is 0 Å². The molecule has 7 nitrogen and oxygen atoms in total. The molecule has 0 saturated heterocycles. The Morgan fingerprint density at radius 2 is 1.16 bits per heavy atom. The van der Waals surface area contributed by atoms with Crippen LogP contribution in [0.15, 0.2) is 140 Å². The molecular formula is C49H44N6OPt. The van der Waals surface area contributed by atoms with Crippen LogP contribution < -0.4 is 4.74 Å². The predicted octanol–water partition coefficient (Wildman–Crippen LogP) is 12.1. The van der Waals surface area contributed by atoms with Crippen LogP contribution in [-0.4, -0.2) is 28.7 Å². The molecule has 0 unspecified atom stereocenters. The average Bonchev–Trinajstić information content (AvgIpc) is 3.68. The molecule has 9 rings (SSSR count). The van der Waals surface area contributed by atoms with Crippen LogP contribution in [0.25, 0.3) is 61.4 Å². The van der Waals surface area contributed by atoms with Gasteiger partial charge in [0.05, 0.1) is 0 Å². The monoisotopic (exact) mass is 927 g/mol. The summed E-state index contributed by atoms with van der Waals surface area (Å²) in [5, 5.41) is 2.28. The van der Waals surface area contributed by atoms with Gasteiger partial charge in [-0.25, -0.2) is 9.97 Å². The van der Waals surface area contributed by atoms with E-state index in [1.807, 2.05) is 18.3 Å². The summed E-state index contributed by atoms with van der Waals surface area (Å²) in [6, 6.07) is 42.6. The summed E-state index contributed by atoms with van der Waals surface area (Å²) >= 11 is 2.51. The zero-order chi connectivity index (χ0) is 39.6. The number of imidazole rings is 1. The third-order valence-electron chi connectivity index (χ3n) is 10.7. The van der Waals surface area contributed by atoms with Gasteiger partial charge in [0.25, 0.3) is 0 Å². The summed E-state index contributed by atoms with van der Waals surface area (Å²) < 4.78 is 14.8. The van der Waals surface area contributed by atoms with Crippen molar-refractivity contribution in [3.05, 3.63) is 160 Å². The molecule has 5 aromatic carbocycles. The molecule has 8 heteroatoms. The maximum atomic E-state index is 6.73. The predicted molar refractivity (Wildman–Crippen MR) is 228 cm³/mol. The fourth-order valence-corrected chi connectivity index (χ4v) is 9.08. The second-order valence-corrected chi connectivity index (χ2v) is 17.7. The van der Waals surface area contributed by atoms with E-state index in [4.69, 9.17) is 9.72 Å². The van der Waals surface area contributed by atoms with Crippen molar-refractivity contribution in [1.82, 2.24) is 28.7 Å². The third-order valence-corrected chi connectivity index (χ3v) is 11.7. The van der Waals surface area contributed by atoms with Gasteiger partial charge in [-0.15, -0.1) is 0 Å². The molecule has 0 amide bonds. The number of benzene rings is 5. The van der Waals surface area contributed by atoms with Gasteiger partial charge < -0.3 is 0 Å². The number of rotatable bonds is 6. The van der Waals surface area contributed by atoms with Crippen molar-refractivity contribution >= 4 is 32.8 Å². The van der Waals surface area contributed by atoms with Crippen LogP contribution in [0.3, 0.4) is 0 Å². The maximum absolute atomic E-state index is 6.73. The van der Waals surface area contributed by atoms with E-state index in [-0.39, 0.29) is 10.8 Å². The molecular weight excluding hydrogens is 884 g/mol. The first-order chi connectivity index (χ1) is 27.4. The van der Waals surface area contributed by atoms with Crippen molar-refractivity contribution in [3.8, 4) is 40.1 Å². The van der Waals surface area contributed by atoms with E-state index < -0.39 is 0 Å². The zero-order valence-electron chi connectivity index (χ0n) is 33.2. The van der Waals surface area contributed by atoms with Crippen LogP contribution in [0.1, 0.15) is 58.2 Å². The van der Waals surface area contributed by atoms with Crippen molar-refractivity contribution < 1.29 is 24.1 Å². The number of hydrogen-bond donors (Lipinski definition) is 0. The normalized spacial score (nSPS) is 12.2. The van der Waals surface area contributed by atoms with Crippen LogP contribution >= 0.6 is 0 Å². The Labute approximate surface area is 343 Å². The molecule has 0 N–H and O–H groups in total. The summed E-state index contributed by atoms with van der Waals surface area (Å²) in [6.07, 6.45) is 5.38. The fraction of sp³-hybridized carbons (Fsp3) is 0.184. The van der Waals surface area contributed by atoms with E-state index in [1.165, 1.54) is 16.8 Å². The molecule has 9 aromatic rings. The molecule has 4 aromatic heterocycles. The minimum Gasteiger partial charge on any atom is -0.237 e. The summed E-state index contributed by atoms with van der Waals surface area (Å²) in [5.74, 6) is 2.98. The van der Waals surface area contributed by atoms with Crippen LogP contribution in [0.4, 0.5) is 0 Å². The molecule has 0 aliphatic carbocycles. The van der Waals surface area contributed by atoms with E-state index in [1.54, 1.807) is 12.4 Å². The molecule has 57 heavy (non-hydrogen) atoms. The smallest absolute Gasteiger partial charge is 0.237 e. The van der Waals surface area contributed by atoms with Gasteiger partial charge in [-0.3, -0.25) is 0 Å². The first kappa shape index (κ1) is 36.7. The van der Waals surface area contributed by atoms with E-state index in [0.29, 0.717) is 5.82 Å². The van der Waals surface area contributed by atoms with Gasteiger partial charge in [-0.05, 0) is 18.6 Å². The Bertz CT molecular complexity index is 3020. The van der Waals surface area contributed by atoms with Gasteiger partial charge >= 0.3 is 275 Å². The Hall–Kier alpha value is -5.91. The molecule has 0 atom stereocenters. The van der Waals surface area contributed by atoms with E-state index in [2.05, 4.69) is 201 Å². The van der Waals surface area contributed by atoms with Crippen molar-refractivity contribution in [2.75, 3.05) is 0 Å². The molecule has 0 spiro atoms. The number of aromatic nitrogens is 6. The standard InChI is InChI=1S/C49H44N6O.Pt/c1-32-27-45(52-30-38(32)47-50-25-14-26-51-47)55-41-20-9-8-17-36(41)37-24-23-35(29-44(37)55)56-34-16-12-15-33(28-34)53-31-54(43-22-11-10-21-42(43)53)46-39(48(2,3)4)18-13-19-40(46)49(5,6)7;/h8-30H,1-7H3;. The quantitative estimate of drug-likeness (QED) is 0.167. The Morgan fingerprint density at radius 3 is 1.84 bits per heavy atom. The van der Waals surface area contributed by atoms with Gasteiger partial charge in [0.15, 0.2) is 5.82 Å². The molecule has 286 valence electrons. The first-order valence-corrected chi connectivity index (χ1v) is 20.4. The summed E-state index contributed by atoms with van der Waals surface area (Å²) in [7, 11) is 0. The van der Waals surface area contributed by atoms with Crippen LogP contribution in [0.2, 0.25) is 0 Å². The van der Waals surface area contributed by atoms with Gasteiger partial charge in [0.1, 0.15) is 0 Å². The van der Waals surface area contributed by atoms with Crippen LogP contribution in [0.5, 0.6) is 11.5 Å². The number of para-hydroxylation sites is 4. The van der Waals surface area contributed by atoms with Crippen LogP contribution in [0, 0.1) is 10.7 Å². The first-order valence-electron chi connectivity index (χ1n) is 19.3. The second-order valence-electron chi connectivity index (χ2n) is 16.7. The SMILES string of the molecule is Cc1cc(-n2c3ccccc3c3ccc(Oc4cccc(-n5[c](=[Pt])n(-c6c(C(C)(C)C)cccc6C(C)(C)C)c6ccccc65)c4)cc32)ncc1-c1ncccn1. The van der Waals surface area contributed by atoms with E-state index in [0.717, 1.165) is 70.8 Å². The number of fused-ring (bicyclic) bond motifs is 4. The van der Waals surface area contributed by atoms with Crippen LogP contribution in [-0.2, 0) is 30.2 Å².